The molecule has 2 rings (SSSR count). The molecule has 1 aromatic heterocycles. The van der Waals surface area contributed by atoms with Crippen molar-refractivity contribution in [1.29, 1.82) is 0 Å². The van der Waals surface area contributed by atoms with Gasteiger partial charge in [-0.1, -0.05) is 6.92 Å². The summed E-state index contributed by atoms with van der Waals surface area (Å²) in [6.45, 7) is 7.73. The molecule has 1 aliphatic rings. The van der Waals surface area contributed by atoms with E-state index in [0.717, 1.165) is 44.3 Å². The van der Waals surface area contributed by atoms with E-state index >= 15 is 0 Å². The first-order chi connectivity index (χ1) is 11.9. The lowest BCUT2D eigenvalue weighted by Gasteiger charge is -2.33. The molecule has 2 heterocycles. The Bertz CT molecular complexity index is 575. The fourth-order valence-corrected chi connectivity index (χ4v) is 2.74. The summed E-state index contributed by atoms with van der Waals surface area (Å²) in [5.74, 6) is 1.44. The molecule has 6 nitrogen and oxygen atoms in total. The third kappa shape index (κ3) is 6.06. The molecule has 0 saturated carbocycles. The molecular formula is C16H25F3N6. The lowest BCUT2D eigenvalue weighted by atomic mass is 10.0. The molecule has 9 heteroatoms. The molecule has 25 heavy (non-hydrogen) atoms. The third-order valence-corrected chi connectivity index (χ3v) is 3.89. The molecule has 2 N–H and O–H groups in total. The number of guanidine groups is 1. The standard InChI is InChI=1S/C16H25F3N6/c1-3-20-15(25-10-4-5-12(2)11-25)23-9-8-22-14-21-7-6-13(24-14)16(17,18)19/h6-7,12H,3-5,8-11H2,1-2H3,(H,20,23)(H,21,22,24). The van der Waals surface area contributed by atoms with E-state index in [1.807, 2.05) is 6.92 Å². The van der Waals surface area contributed by atoms with E-state index in [2.05, 4.69) is 37.4 Å². The molecule has 0 aromatic carbocycles. The Morgan fingerprint density at radius 2 is 2.24 bits per heavy atom. The number of anilines is 1. The highest BCUT2D eigenvalue weighted by Crippen LogP contribution is 2.27. The molecule has 0 bridgehead atoms. The maximum atomic E-state index is 12.6. The quantitative estimate of drug-likeness (QED) is 0.481. The minimum Gasteiger partial charge on any atom is -0.357 e. The minimum absolute atomic E-state index is 0.0402. The predicted octanol–water partition coefficient (Wildman–Crippen LogP) is 2.60. The first kappa shape index (κ1) is 19.3. The highest BCUT2D eigenvalue weighted by atomic mass is 19.4. The van der Waals surface area contributed by atoms with Gasteiger partial charge in [0.25, 0.3) is 0 Å². The maximum Gasteiger partial charge on any atom is 0.433 e. The first-order valence-corrected chi connectivity index (χ1v) is 8.57. The van der Waals surface area contributed by atoms with Crippen LogP contribution in [0.3, 0.4) is 0 Å². The third-order valence-electron chi connectivity index (χ3n) is 3.89. The average molecular weight is 358 g/mol. The van der Waals surface area contributed by atoms with Crippen molar-refractivity contribution >= 4 is 11.9 Å². The zero-order valence-corrected chi connectivity index (χ0v) is 14.6. The second kappa shape index (κ2) is 8.87. The lowest BCUT2D eigenvalue weighted by molar-refractivity contribution is -0.141. The Balaban J connectivity index is 1.89. The Labute approximate surface area is 145 Å². The van der Waals surface area contributed by atoms with Gasteiger partial charge >= 0.3 is 6.18 Å². The Kier molecular flexibility index (Phi) is 6.83. The molecular weight excluding hydrogens is 333 g/mol. The molecule has 1 aliphatic heterocycles. The van der Waals surface area contributed by atoms with Crippen LogP contribution in [0.2, 0.25) is 0 Å². The summed E-state index contributed by atoms with van der Waals surface area (Å²) in [5, 5.41) is 6.06. The molecule has 140 valence electrons. The van der Waals surface area contributed by atoms with Crippen LogP contribution in [-0.2, 0) is 6.18 Å². The highest BCUT2D eigenvalue weighted by molar-refractivity contribution is 5.80. The summed E-state index contributed by atoms with van der Waals surface area (Å²) in [5.41, 5.74) is -0.954. The van der Waals surface area contributed by atoms with E-state index in [-0.39, 0.29) is 5.95 Å². The van der Waals surface area contributed by atoms with Crippen molar-refractivity contribution in [2.75, 3.05) is 38.0 Å². The van der Waals surface area contributed by atoms with Crippen LogP contribution in [0.25, 0.3) is 0 Å². The lowest BCUT2D eigenvalue weighted by Crippen LogP contribution is -2.46. The molecule has 0 amide bonds. The molecule has 1 atom stereocenters. The molecule has 0 aliphatic carbocycles. The van der Waals surface area contributed by atoms with Crippen LogP contribution in [0.15, 0.2) is 17.3 Å². The van der Waals surface area contributed by atoms with Gasteiger partial charge in [-0.15, -0.1) is 0 Å². The van der Waals surface area contributed by atoms with Crippen LogP contribution in [0.1, 0.15) is 32.4 Å². The Hall–Kier alpha value is -2.06. The van der Waals surface area contributed by atoms with E-state index in [4.69, 9.17) is 0 Å². The number of aromatic nitrogens is 2. The van der Waals surface area contributed by atoms with Gasteiger partial charge < -0.3 is 15.5 Å². The number of nitrogens with zero attached hydrogens (tertiary/aromatic N) is 4. The fraction of sp³-hybridized carbons (Fsp3) is 0.688. The Morgan fingerprint density at radius 1 is 1.44 bits per heavy atom. The molecule has 1 unspecified atom stereocenters. The van der Waals surface area contributed by atoms with Gasteiger partial charge in [-0.2, -0.15) is 13.2 Å². The van der Waals surface area contributed by atoms with Crippen LogP contribution in [0.4, 0.5) is 19.1 Å². The van der Waals surface area contributed by atoms with Gasteiger partial charge in [0.15, 0.2) is 5.96 Å². The van der Waals surface area contributed by atoms with E-state index in [0.29, 0.717) is 19.0 Å². The van der Waals surface area contributed by atoms with Crippen molar-refractivity contribution in [3.05, 3.63) is 18.0 Å². The number of likely N-dealkylation sites (tertiary alicyclic amines) is 1. The second-order valence-electron chi connectivity index (χ2n) is 6.12. The molecule has 0 radical (unpaired) electrons. The van der Waals surface area contributed by atoms with Crippen molar-refractivity contribution in [1.82, 2.24) is 20.2 Å². The van der Waals surface area contributed by atoms with Crippen molar-refractivity contribution in [3.63, 3.8) is 0 Å². The topological polar surface area (TPSA) is 65.4 Å². The van der Waals surface area contributed by atoms with Crippen molar-refractivity contribution in [3.8, 4) is 0 Å². The second-order valence-corrected chi connectivity index (χ2v) is 6.12. The summed E-state index contributed by atoms with van der Waals surface area (Å²) in [6.07, 6.45) is -1.01. The van der Waals surface area contributed by atoms with Gasteiger partial charge in [-0.3, -0.25) is 4.99 Å². The number of halogens is 3. The maximum absolute atomic E-state index is 12.6. The summed E-state index contributed by atoms with van der Waals surface area (Å²) >= 11 is 0. The van der Waals surface area contributed by atoms with E-state index in [1.165, 1.54) is 6.42 Å². The zero-order valence-electron chi connectivity index (χ0n) is 14.6. The molecule has 1 aromatic rings. The van der Waals surface area contributed by atoms with Crippen molar-refractivity contribution in [2.45, 2.75) is 32.9 Å². The van der Waals surface area contributed by atoms with Crippen LogP contribution >= 0.6 is 0 Å². The number of hydrogen-bond donors (Lipinski definition) is 2. The number of alkyl halides is 3. The van der Waals surface area contributed by atoms with Gasteiger partial charge in [0.05, 0.1) is 6.54 Å². The summed E-state index contributed by atoms with van der Waals surface area (Å²) in [7, 11) is 0. The number of hydrogen-bond acceptors (Lipinski definition) is 4. The molecule has 1 fully saturated rings. The van der Waals surface area contributed by atoms with Crippen molar-refractivity contribution < 1.29 is 13.2 Å². The summed E-state index contributed by atoms with van der Waals surface area (Å²) in [4.78, 5) is 14.1. The van der Waals surface area contributed by atoms with Gasteiger partial charge in [-0.05, 0) is 31.7 Å². The smallest absolute Gasteiger partial charge is 0.357 e. The minimum atomic E-state index is -4.47. The normalized spacial score (nSPS) is 19.0. The van der Waals surface area contributed by atoms with Crippen LogP contribution in [0.5, 0.6) is 0 Å². The zero-order chi connectivity index (χ0) is 18.3. The largest absolute Gasteiger partial charge is 0.433 e. The van der Waals surface area contributed by atoms with Crippen LogP contribution in [-0.4, -0.2) is 53.6 Å². The van der Waals surface area contributed by atoms with E-state index in [1.54, 1.807) is 0 Å². The number of piperidine rings is 1. The summed E-state index contributed by atoms with van der Waals surface area (Å²) < 4.78 is 37.9. The fourth-order valence-electron chi connectivity index (χ4n) is 2.74. The van der Waals surface area contributed by atoms with Gasteiger partial charge in [-0.25, -0.2) is 9.97 Å². The summed E-state index contributed by atoms with van der Waals surface area (Å²) in [6, 6.07) is 0.851. The van der Waals surface area contributed by atoms with Crippen LogP contribution < -0.4 is 10.6 Å². The number of rotatable bonds is 5. The average Bonchev–Trinajstić information content (AvgIpc) is 2.57. The van der Waals surface area contributed by atoms with E-state index < -0.39 is 11.9 Å². The monoisotopic (exact) mass is 358 g/mol. The van der Waals surface area contributed by atoms with E-state index in [9.17, 15) is 13.2 Å². The number of aliphatic imine (C=N–C) groups is 1. The highest BCUT2D eigenvalue weighted by Gasteiger charge is 2.32. The molecule has 0 spiro atoms. The van der Waals surface area contributed by atoms with Gasteiger partial charge in [0.2, 0.25) is 5.95 Å². The predicted molar refractivity (Wildman–Crippen MR) is 91.5 cm³/mol. The van der Waals surface area contributed by atoms with Gasteiger partial charge in [0.1, 0.15) is 5.69 Å². The van der Waals surface area contributed by atoms with Crippen LogP contribution in [0, 0.1) is 5.92 Å². The Morgan fingerprint density at radius 3 is 2.92 bits per heavy atom. The first-order valence-electron chi connectivity index (χ1n) is 8.57. The van der Waals surface area contributed by atoms with Crippen molar-refractivity contribution in [2.24, 2.45) is 10.9 Å². The molecule has 1 saturated heterocycles. The SMILES string of the molecule is CCNC(=NCCNc1nccc(C(F)(F)F)n1)N1CCCC(C)C1. The number of nitrogens with one attached hydrogen (secondary N) is 2. The van der Waals surface area contributed by atoms with Gasteiger partial charge in [0, 0.05) is 32.4 Å².